The topological polar surface area (TPSA) is 66.0 Å². The van der Waals surface area contributed by atoms with E-state index in [2.05, 4.69) is 15.9 Å². The van der Waals surface area contributed by atoms with Gasteiger partial charge in [0.05, 0.1) is 15.7 Å². The van der Waals surface area contributed by atoms with Gasteiger partial charge in [-0.1, -0.05) is 41.9 Å². The SMILES string of the molecule is N#Cc1c(Br)c(C(F)(F)F)n(CC(Sc2ccccc2)C(=O)O)c1-c1ccc(Cl)cc1. The molecule has 0 aliphatic carbocycles. The fourth-order valence-electron chi connectivity index (χ4n) is 3.05. The van der Waals surface area contributed by atoms with Crippen LogP contribution in [0.3, 0.4) is 0 Å². The van der Waals surface area contributed by atoms with E-state index in [4.69, 9.17) is 11.6 Å². The van der Waals surface area contributed by atoms with Crippen LogP contribution in [0.1, 0.15) is 11.3 Å². The number of halogens is 5. The summed E-state index contributed by atoms with van der Waals surface area (Å²) in [6.07, 6.45) is -4.82. The molecule has 3 rings (SSSR count). The van der Waals surface area contributed by atoms with Gasteiger partial charge >= 0.3 is 12.1 Å². The summed E-state index contributed by atoms with van der Waals surface area (Å²) < 4.78 is 42.3. The number of thioether (sulfide) groups is 1. The Hall–Kier alpha value is -2.41. The summed E-state index contributed by atoms with van der Waals surface area (Å²) in [5.41, 5.74) is -1.07. The Morgan fingerprint density at radius 2 is 1.81 bits per heavy atom. The van der Waals surface area contributed by atoms with Crippen molar-refractivity contribution in [2.75, 3.05) is 0 Å². The van der Waals surface area contributed by atoms with Gasteiger partial charge in [-0.25, -0.2) is 0 Å². The third-order valence-electron chi connectivity index (χ3n) is 4.35. The van der Waals surface area contributed by atoms with E-state index in [1.54, 1.807) is 30.3 Å². The van der Waals surface area contributed by atoms with Crippen LogP contribution in [0.5, 0.6) is 0 Å². The van der Waals surface area contributed by atoms with E-state index in [0.717, 1.165) is 16.3 Å². The highest BCUT2D eigenvalue weighted by molar-refractivity contribution is 9.10. The molecule has 10 heteroatoms. The number of hydrogen-bond acceptors (Lipinski definition) is 3. The van der Waals surface area contributed by atoms with E-state index in [9.17, 15) is 28.3 Å². The number of carboxylic acid groups (broad SMARTS) is 1. The molecule has 0 saturated heterocycles. The summed E-state index contributed by atoms with van der Waals surface area (Å²) in [4.78, 5) is 12.5. The van der Waals surface area contributed by atoms with Crippen molar-refractivity contribution in [3.8, 4) is 17.3 Å². The van der Waals surface area contributed by atoms with E-state index < -0.39 is 34.1 Å². The largest absolute Gasteiger partial charge is 0.480 e. The van der Waals surface area contributed by atoms with Crippen molar-refractivity contribution >= 4 is 45.3 Å². The maximum absolute atomic E-state index is 14.0. The van der Waals surface area contributed by atoms with Gasteiger partial charge in [-0.2, -0.15) is 18.4 Å². The fourth-order valence-corrected chi connectivity index (χ4v) is 4.86. The number of hydrogen-bond donors (Lipinski definition) is 1. The second kappa shape index (κ2) is 9.39. The van der Waals surface area contributed by atoms with Crippen LogP contribution in [-0.4, -0.2) is 20.9 Å². The van der Waals surface area contributed by atoms with Crippen molar-refractivity contribution in [2.45, 2.75) is 22.9 Å². The van der Waals surface area contributed by atoms with Gasteiger partial charge in [0.2, 0.25) is 0 Å². The first-order valence-electron chi connectivity index (χ1n) is 8.73. The number of nitrogens with zero attached hydrogens (tertiary/aromatic N) is 2. The molecule has 0 aliphatic rings. The molecule has 1 atom stereocenters. The molecular weight excluding hydrogens is 517 g/mol. The molecule has 0 bridgehead atoms. The Bertz CT molecular complexity index is 1140. The molecule has 1 N–H and O–H groups in total. The molecule has 1 heterocycles. The Kier molecular flexibility index (Phi) is 7.04. The van der Waals surface area contributed by atoms with Crippen LogP contribution in [0, 0.1) is 11.3 Å². The van der Waals surface area contributed by atoms with Gasteiger partial charge in [-0.05, 0) is 45.8 Å². The minimum Gasteiger partial charge on any atom is -0.480 e. The molecule has 4 nitrogen and oxygen atoms in total. The molecular formula is C21H13BrClF3N2O2S. The quantitative estimate of drug-likeness (QED) is 0.361. The van der Waals surface area contributed by atoms with Crippen LogP contribution in [0.2, 0.25) is 5.02 Å². The van der Waals surface area contributed by atoms with Crippen molar-refractivity contribution in [1.29, 1.82) is 5.26 Å². The maximum Gasteiger partial charge on any atom is 0.432 e. The molecule has 0 spiro atoms. The standard InChI is InChI=1S/C21H13BrClF3N2O2S/c22-17-15(10-27)18(12-6-8-13(23)9-7-12)28(19(17)21(24,25)26)11-16(20(29)30)31-14-4-2-1-3-5-14/h1-9,16H,11H2,(H,29,30). The van der Waals surface area contributed by atoms with Crippen LogP contribution in [0.25, 0.3) is 11.3 Å². The highest BCUT2D eigenvalue weighted by Gasteiger charge is 2.41. The molecule has 1 aromatic heterocycles. The smallest absolute Gasteiger partial charge is 0.432 e. The summed E-state index contributed by atoms with van der Waals surface area (Å²) >= 11 is 9.74. The van der Waals surface area contributed by atoms with Crippen LogP contribution in [-0.2, 0) is 17.5 Å². The number of benzene rings is 2. The number of carbonyl (C=O) groups is 1. The number of alkyl halides is 3. The van der Waals surface area contributed by atoms with Gasteiger partial charge in [0.25, 0.3) is 0 Å². The average molecular weight is 530 g/mol. The lowest BCUT2D eigenvalue weighted by Crippen LogP contribution is -2.26. The van der Waals surface area contributed by atoms with Gasteiger partial charge in [0.1, 0.15) is 17.0 Å². The molecule has 0 amide bonds. The first-order valence-corrected chi connectivity index (χ1v) is 10.8. The number of rotatable bonds is 6. The van der Waals surface area contributed by atoms with Gasteiger partial charge in [0.15, 0.2) is 0 Å². The first-order chi connectivity index (χ1) is 14.6. The molecule has 160 valence electrons. The van der Waals surface area contributed by atoms with Crippen LogP contribution >= 0.6 is 39.3 Å². The summed E-state index contributed by atoms with van der Waals surface area (Å²) in [6, 6.07) is 16.3. The highest BCUT2D eigenvalue weighted by atomic mass is 79.9. The summed E-state index contributed by atoms with van der Waals surface area (Å²) in [5, 5.41) is 18.4. The second-order valence-electron chi connectivity index (χ2n) is 6.37. The first kappa shape index (κ1) is 23.3. The molecule has 31 heavy (non-hydrogen) atoms. The fraction of sp³-hybridized carbons (Fsp3) is 0.143. The van der Waals surface area contributed by atoms with Gasteiger partial charge in [-0.3, -0.25) is 4.79 Å². The van der Waals surface area contributed by atoms with E-state index in [1.807, 2.05) is 6.07 Å². The van der Waals surface area contributed by atoms with Crippen molar-refractivity contribution < 1.29 is 23.1 Å². The Labute approximate surface area is 193 Å². The Morgan fingerprint density at radius 1 is 1.19 bits per heavy atom. The monoisotopic (exact) mass is 528 g/mol. The molecule has 0 aliphatic heterocycles. The van der Waals surface area contributed by atoms with Crippen molar-refractivity contribution in [3.05, 3.63) is 75.4 Å². The molecule has 0 radical (unpaired) electrons. The lowest BCUT2D eigenvalue weighted by molar-refractivity contribution is -0.145. The zero-order chi connectivity index (χ0) is 22.8. The Balaban J connectivity index is 2.19. The van der Waals surface area contributed by atoms with E-state index in [-0.39, 0.29) is 11.3 Å². The van der Waals surface area contributed by atoms with Crippen molar-refractivity contribution in [2.24, 2.45) is 0 Å². The van der Waals surface area contributed by atoms with Crippen LogP contribution in [0.15, 0.2) is 64.0 Å². The number of aliphatic carboxylic acids is 1. The van der Waals surface area contributed by atoms with E-state index in [1.165, 1.54) is 24.3 Å². The minimum atomic E-state index is -4.82. The van der Waals surface area contributed by atoms with Crippen LogP contribution in [0.4, 0.5) is 13.2 Å². The predicted octanol–water partition coefficient (Wildman–Crippen LogP) is 6.71. The Morgan fingerprint density at radius 3 is 2.32 bits per heavy atom. The summed E-state index contributed by atoms with van der Waals surface area (Å²) in [7, 11) is 0. The number of carboxylic acids is 1. The van der Waals surface area contributed by atoms with Crippen molar-refractivity contribution in [3.63, 3.8) is 0 Å². The second-order valence-corrected chi connectivity index (χ2v) is 8.88. The molecule has 3 aromatic rings. The van der Waals surface area contributed by atoms with Gasteiger partial charge in [-0.15, -0.1) is 11.8 Å². The van der Waals surface area contributed by atoms with Crippen molar-refractivity contribution in [1.82, 2.24) is 4.57 Å². The molecule has 2 aromatic carbocycles. The summed E-state index contributed by atoms with van der Waals surface area (Å²) in [6.45, 7) is -0.512. The summed E-state index contributed by atoms with van der Waals surface area (Å²) in [5.74, 6) is -1.27. The van der Waals surface area contributed by atoms with E-state index in [0.29, 0.717) is 15.5 Å². The van der Waals surface area contributed by atoms with Gasteiger partial charge in [0, 0.05) is 16.5 Å². The highest BCUT2D eigenvalue weighted by Crippen LogP contribution is 2.44. The molecule has 1 unspecified atom stereocenters. The maximum atomic E-state index is 14.0. The van der Waals surface area contributed by atoms with Gasteiger partial charge < -0.3 is 9.67 Å². The number of aromatic nitrogens is 1. The van der Waals surface area contributed by atoms with Crippen LogP contribution < -0.4 is 0 Å². The van der Waals surface area contributed by atoms with E-state index >= 15 is 0 Å². The minimum absolute atomic E-state index is 0.0294. The zero-order valence-electron chi connectivity index (χ0n) is 15.5. The number of nitriles is 1. The third kappa shape index (κ3) is 5.09. The zero-order valence-corrected chi connectivity index (χ0v) is 18.7. The predicted molar refractivity (Wildman–Crippen MR) is 116 cm³/mol. The average Bonchev–Trinajstić information content (AvgIpc) is 3.00. The normalized spacial score (nSPS) is 12.4. The third-order valence-corrected chi connectivity index (χ3v) is 6.55. The lowest BCUT2D eigenvalue weighted by atomic mass is 10.1. The molecule has 0 fully saturated rings. The molecule has 0 saturated carbocycles. The lowest BCUT2D eigenvalue weighted by Gasteiger charge is -2.20.